The van der Waals surface area contributed by atoms with Gasteiger partial charge >= 0.3 is 0 Å². The summed E-state index contributed by atoms with van der Waals surface area (Å²) in [6.45, 7) is 1.94. The van der Waals surface area contributed by atoms with Crippen molar-refractivity contribution in [2.45, 2.75) is 24.3 Å². The zero-order chi connectivity index (χ0) is 10.8. The Kier molecular flexibility index (Phi) is 3.25. The van der Waals surface area contributed by atoms with E-state index in [1.165, 1.54) is 12.1 Å². The zero-order valence-corrected chi connectivity index (χ0v) is 8.79. The summed E-state index contributed by atoms with van der Waals surface area (Å²) in [5.41, 5.74) is 6.56. The minimum absolute atomic E-state index is 0.110. The Morgan fingerprint density at radius 2 is 2.07 bits per heavy atom. The van der Waals surface area contributed by atoms with Crippen molar-refractivity contribution in [1.82, 2.24) is 0 Å². The van der Waals surface area contributed by atoms with Crippen LogP contribution < -0.4 is 10.9 Å². The maximum Gasteiger partial charge on any atom is 0.238 e. The molecule has 0 aliphatic carbocycles. The molecule has 0 aliphatic heterocycles. The van der Waals surface area contributed by atoms with Gasteiger partial charge in [0, 0.05) is 6.04 Å². The predicted molar refractivity (Wildman–Crippen MR) is 55.0 cm³/mol. The molecule has 0 saturated heterocycles. The largest absolute Gasteiger partial charge is 0.324 e. The van der Waals surface area contributed by atoms with Crippen molar-refractivity contribution in [2.75, 3.05) is 0 Å². The number of nitrogens with two attached hydrogens (primary N) is 2. The molecule has 0 unspecified atom stereocenters. The highest BCUT2D eigenvalue weighted by Gasteiger charge is 2.10. The molecule has 0 saturated carbocycles. The van der Waals surface area contributed by atoms with Crippen LogP contribution in [0.4, 0.5) is 0 Å². The Morgan fingerprint density at radius 1 is 1.43 bits per heavy atom. The Morgan fingerprint density at radius 3 is 2.57 bits per heavy atom. The van der Waals surface area contributed by atoms with Crippen LogP contribution in [0.15, 0.2) is 29.2 Å². The van der Waals surface area contributed by atoms with Crippen LogP contribution in [0, 0.1) is 0 Å². The fourth-order valence-corrected chi connectivity index (χ4v) is 1.73. The predicted octanol–water partition coefficient (Wildman–Crippen LogP) is 0.744. The molecule has 4 nitrogen and oxygen atoms in total. The van der Waals surface area contributed by atoms with E-state index < -0.39 is 10.0 Å². The summed E-state index contributed by atoms with van der Waals surface area (Å²) >= 11 is 0. The van der Waals surface area contributed by atoms with Gasteiger partial charge < -0.3 is 5.73 Å². The molecule has 14 heavy (non-hydrogen) atoms. The number of primary sulfonamides is 1. The Bertz CT molecular complexity index is 415. The molecule has 1 atom stereocenters. The summed E-state index contributed by atoms with van der Waals surface area (Å²) in [6, 6.07) is 6.27. The van der Waals surface area contributed by atoms with Gasteiger partial charge in [-0.05, 0) is 24.1 Å². The molecule has 0 aromatic heterocycles. The van der Waals surface area contributed by atoms with Crippen LogP contribution in [0.2, 0.25) is 0 Å². The van der Waals surface area contributed by atoms with Crippen molar-refractivity contribution in [3.63, 3.8) is 0 Å². The molecule has 5 heteroatoms. The first-order valence-electron chi connectivity index (χ1n) is 4.33. The van der Waals surface area contributed by atoms with Crippen LogP contribution in [0.5, 0.6) is 0 Å². The van der Waals surface area contributed by atoms with Crippen LogP contribution in [-0.4, -0.2) is 8.42 Å². The number of hydrogen-bond acceptors (Lipinski definition) is 3. The zero-order valence-electron chi connectivity index (χ0n) is 7.97. The van der Waals surface area contributed by atoms with E-state index in [4.69, 9.17) is 10.9 Å². The van der Waals surface area contributed by atoms with E-state index in [2.05, 4.69) is 0 Å². The molecule has 0 amide bonds. The summed E-state index contributed by atoms with van der Waals surface area (Å²) in [6.07, 6.45) is 0.758. The molecular weight excluding hydrogens is 200 g/mol. The van der Waals surface area contributed by atoms with Crippen molar-refractivity contribution < 1.29 is 8.42 Å². The Balaban J connectivity index is 3.14. The van der Waals surface area contributed by atoms with Gasteiger partial charge in [0.2, 0.25) is 10.0 Å². The summed E-state index contributed by atoms with van der Waals surface area (Å²) in [7, 11) is -3.62. The standard InChI is InChI=1S/C9H14N2O2S/c1-2-9(10)7-4-3-5-8(6-7)14(11,12)13/h3-6,9H,2,10H2,1H3,(H2,11,12,13)/t9-/m0/s1. The van der Waals surface area contributed by atoms with Gasteiger partial charge in [-0.15, -0.1) is 0 Å². The average Bonchev–Trinajstić information content (AvgIpc) is 2.15. The third kappa shape index (κ3) is 2.54. The van der Waals surface area contributed by atoms with E-state index >= 15 is 0 Å². The first kappa shape index (κ1) is 11.2. The quantitative estimate of drug-likeness (QED) is 0.778. The molecule has 1 aromatic carbocycles. The lowest BCUT2D eigenvalue weighted by Crippen LogP contribution is -2.14. The molecule has 78 valence electrons. The van der Waals surface area contributed by atoms with Crippen molar-refractivity contribution in [1.29, 1.82) is 0 Å². The monoisotopic (exact) mass is 214 g/mol. The van der Waals surface area contributed by atoms with Crippen LogP contribution in [0.3, 0.4) is 0 Å². The van der Waals surface area contributed by atoms with Crippen LogP contribution in [0.25, 0.3) is 0 Å². The van der Waals surface area contributed by atoms with Crippen molar-refractivity contribution in [2.24, 2.45) is 10.9 Å². The first-order chi connectivity index (χ1) is 6.45. The lowest BCUT2D eigenvalue weighted by Gasteiger charge is -2.09. The van der Waals surface area contributed by atoms with E-state index in [-0.39, 0.29) is 10.9 Å². The smallest absolute Gasteiger partial charge is 0.238 e. The van der Waals surface area contributed by atoms with Gasteiger partial charge in [0.15, 0.2) is 0 Å². The SMILES string of the molecule is CC[C@H](N)c1cccc(S(N)(=O)=O)c1. The lowest BCUT2D eigenvalue weighted by atomic mass is 10.1. The maximum absolute atomic E-state index is 11.0. The van der Waals surface area contributed by atoms with Crippen molar-refractivity contribution in [3.05, 3.63) is 29.8 Å². The van der Waals surface area contributed by atoms with E-state index in [1.807, 2.05) is 6.92 Å². The van der Waals surface area contributed by atoms with Gasteiger partial charge in [-0.25, -0.2) is 13.6 Å². The minimum atomic E-state index is -3.62. The van der Waals surface area contributed by atoms with Gasteiger partial charge in [-0.2, -0.15) is 0 Å². The maximum atomic E-state index is 11.0. The van der Waals surface area contributed by atoms with Gasteiger partial charge in [0.1, 0.15) is 0 Å². The number of benzene rings is 1. The molecule has 0 radical (unpaired) electrons. The minimum Gasteiger partial charge on any atom is -0.324 e. The molecule has 1 rings (SSSR count). The van der Waals surface area contributed by atoms with Gasteiger partial charge in [-0.3, -0.25) is 0 Å². The summed E-state index contributed by atoms with van der Waals surface area (Å²) < 4.78 is 22.1. The van der Waals surface area contributed by atoms with Crippen molar-refractivity contribution >= 4 is 10.0 Å². The van der Waals surface area contributed by atoms with E-state index in [0.29, 0.717) is 0 Å². The number of rotatable bonds is 3. The molecule has 0 fully saturated rings. The third-order valence-electron chi connectivity index (χ3n) is 2.05. The lowest BCUT2D eigenvalue weighted by molar-refractivity contribution is 0.597. The second kappa shape index (κ2) is 4.08. The number of sulfonamides is 1. The van der Waals surface area contributed by atoms with Crippen molar-refractivity contribution in [3.8, 4) is 0 Å². The third-order valence-corrected chi connectivity index (χ3v) is 2.97. The molecule has 0 spiro atoms. The second-order valence-electron chi connectivity index (χ2n) is 3.13. The summed E-state index contributed by atoms with van der Waals surface area (Å²) in [4.78, 5) is 0.110. The highest BCUT2D eigenvalue weighted by Crippen LogP contribution is 2.17. The van der Waals surface area contributed by atoms with Crippen LogP contribution >= 0.6 is 0 Å². The molecule has 0 heterocycles. The van der Waals surface area contributed by atoms with Crippen LogP contribution in [-0.2, 0) is 10.0 Å². The normalized spacial score (nSPS) is 13.9. The first-order valence-corrected chi connectivity index (χ1v) is 5.88. The molecule has 4 N–H and O–H groups in total. The molecule has 1 aromatic rings. The van der Waals surface area contributed by atoms with E-state index in [0.717, 1.165) is 12.0 Å². The van der Waals surface area contributed by atoms with Crippen LogP contribution in [0.1, 0.15) is 24.9 Å². The topological polar surface area (TPSA) is 86.2 Å². The molecule has 0 aliphatic rings. The van der Waals surface area contributed by atoms with Gasteiger partial charge in [0.25, 0.3) is 0 Å². The Labute approximate surface area is 84.0 Å². The second-order valence-corrected chi connectivity index (χ2v) is 4.69. The Hall–Kier alpha value is -0.910. The summed E-state index contributed by atoms with van der Waals surface area (Å²) in [5, 5.41) is 5.00. The molecular formula is C9H14N2O2S. The molecule has 0 bridgehead atoms. The average molecular weight is 214 g/mol. The van der Waals surface area contributed by atoms with E-state index in [1.54, 1.807) is 12.1 Å². The highest BCUT2D eigenvalue weighted by atomic mass is 32.2. The highest BCUT2D eigenvalue weighted by molar-refractivity contribution is 7.89. The summed E-state index contributed by atoms with van der Waals surface area (Å²) in [5.74, 6) is 0. The van der Waals surface area contributed by atoms with Gasteiger partial charge in [0.05, 0.1) is 4.90 Å². The fourth-order valence-electron chi connectivity index (χ4n) is 1.16. The van der Waals surface area contributed by atoms with E-state index in [9.17, 15) is 8.42 Å². The van der Waals surface area contributed by atoms with Gasteiger partial charge in [-0.1, -0.05) is 19.1 Å². The number of hydrogen-bond donors (Lipinski definition) is 2. The fraction of sp³-hybridized carbons (Fsp3) is 0.333.